The molecule has 4 rings (SSSR count). The van der Waals surface area contributed by atoms with Gasteiger partial charge in [-0.1, -0.05) is 55.9 Å². The molecule has 1 aromatic rings. The number of phenolic OH excluding ortho intramolecular Hbond substituents is 1. The number of nitrogens with one attached hydrogen (secondary N) is 2. The average molecular weight is 537 g/mol. The van der Waals surface area contributed by atoms with Gasteiger partial charge >= 0.3 is 5.97 Å². The number of thiocarbonyl (C=S) groups is 1. The van der Waals surface area contributed by atoms with Crippen LogP contribution in [0.4, 0.5) is 0 Å². The molecule has 12 heteroatoms. The van der Waals surface area contributed by atoms with E-state index in [4.69, 9.17) is 12.2 Å². The highest BCUT2D eigenvalue weighted by Gasteiger charge is 2.54. The fourth-order valence-electron chi connectivity index (χ4n) is 4.53. The topological polar surface area (TPSA) is 122 Å². The number of carbonyl (C=O) groups excluding carboxylic acids is 2. The summed E-state index contributed by atoms with van der Waals surface area (Å²) < 4.78 is 0.680. The van der Waals surface area contributed by atoms with Crippen molar-refractivity contribution in [3.05, 3.63) is 41.1 Å². The Morgan fingerprint density at radius 3 is 2.69 bits per heavy atom. The Kier molecular flexibility index (Phi) is 7.94. The maximum Gasteiger partial charge on any atom is 0.352 e. The number of carboxylic acids is 1. The summed E-state index contributed by atoms with van der Waals surface area (Å²) in [7, 11) is 0. The van der Waals surface area contributed by atoms with Crippen LogP contribution in [0, 0.1) is 0 Å². The van der Waals surface area contributed by atoms with E-state index in [0.717, 1.165) is 19.3 Å². The van der Waals surface area contributed by atoms with Crippen molar-refractivity contribution in [2.45, 2.75) is 56.7 Å². The van der Waals surface area contributed by atoms with E-state index < -0.39 is 29.3 Å². The van der Waals surface area contributed by atoms with E-state index in [9.17, 15) is 24.6 Å². The first-order valence-corrected chi connectivity index (χ1v) is 13.8. The van der Waals surface area contributed by atoms with Crippen LogP contribution in [0.1, 0.15) is 44.7 Å². The number of aliphatic carboxylic acids is 1. The molecule has 2 amide bonds. The fraction of sp³-hybridized carbons (Fsp3) is 0.478. The molecule has 2 unspecified atom stereocenters. The summed E-state index contributed by atoms with van der Waals surface area (Å²) in [6, 6.07) is 4.93. The lowest BCUT2D eigenvalue weighted by Gasteiger charge is -2.50. The molecule has 3 heterocycles. The van der Waals surface area contributed by atoms with Gasteiger partial charge in [-0.3, -0.25) is 19.4 Å². The lowest BCUT2D eigenvalue weighted by Crippen LogP contribution is -2.71. The molecule has 9 nitrogen and oxygen atoms in total. The number of hydrogen-bond donors (Lipinski definition) is 4. The number of fused-ring (bicyclic) bond motifs is 1. The Bertz CT molecular complexity index is 1060. The molecule has 2 saturated heterocycles. The van der Waals surface area contributed by atoms with Gasteiger partial charge in [-0.05, 0) is 36.6 Å². The maximum absolute atomic E-state index is 13.7. The van der Waals surface area contributed by atoms with Crippen LogP contribution in [0.5, 0.6) is 5.75 Å². The van der Waals surface area contributed by atoms with Gasteiger partial charge in [-0.25, -0.2) is 4.79 Å². The minimum Gasteiger partial charge on any atom is -0.508 e. The minimum absolute atomic E-state index is 0.00380. The van der Waals surface area contributed by atoms with Crippen molar-refractivity contribution in [1.82, 2.24) is 20.4 Å². The normalized spacial score (nSPS) is 25.4. The van der Waals surface area contributed by atoms with Crippen LogP contribution in [0.25, 0.3) is 0 Å². The molecule has 0 aliphatic carbocycles. The van der Waals surface area contributed by atoms with Gasteiger partial charge in [0.05, 0.1) is 12.0 Å². The monoisotopic (exact) mass is 536 g/mol. The van der Waals surface area contributed by atoms with Crippen LogP contribution in [0.3, 0.4) is 0 Å². The van der Waals surface area contributed by atoms with Gasteiger partial charge in [-0.2, -0.15) is 0 Å². The Morgan fingerprint density at radius 1 is 1.31 bits per heavy atom. The number of nitrogens with zero attached hydrogens (tertiary/aromatic N) is 2. The lowest BCUT2D eigenvalue weighted by atomic mass is 9.99. The number of phenols is 1. The summed E-state index contributed by atoms with van der Waals surface area (Å²) in [6.07, 6.45) is 2.57. The van der Waals surface area contributed by atoms with Crippen molar-refractivity contribution in [2.75, 3.05) is 11.6 Å². The van der Waals surface area contributed by atoms with Crippen LogP contribution in [-0.4, -0.2) is 71.3 Å². The number of thioether (sulfide) groups is 2. The summed E-state index contributed by atoms with van der Waals surface area (Å²) >= 11 is 8.25. The third-order valence-electron chi connectivity index (χ3n) is 6.31. The highest BCUT2D eigenvalue weighted by molar-refractivity contribution is 8.23. The molecule has 4 atom stereocenters. The summed E-state index contributed by atoms with van der Waals surface area (Å²) in [5, 5.41) is 25.1. The zero-order valence-electron chi connectivity index (χ0n) is 19.4. The van der Waals surface area contributed by atoms with Gasteiger partial charge < -0.3 is 20.8 Å². The first-order chi connectivity index (χ1) is 16.7. The molecular formula is C23H28N4O5S3. The average Bonchev–Trinajstić information content (AvgIpc) is 2.83. The molecular weight excluding hydrogens is 508 g/mol. The first-order valence-electron chi connectivity index (χ1n) is 11.4. The predicted octanol–water partition coefficient (Wildman–Crippen LogP) is 2.59. The second-order valence-corrected chi connectivity index (χ2v) is 11.4. The molecule has 0 saturated carbocycles. The molecule has 2 fully saturated rings. The van der Waals surface area contributed by atoms with E-state index in [1.54, 1.807) is 19.1 Å². The third kappa shape index (κ3) is 5.16. The number of benzene rings is 1. The zero-order valence-corrected chi connectivity index (χ0v) is 21.8. The van der Waals surface area contributed by atoms with Gasteiger partial charge in [0.1, 0.15) is 33.2 Å². The Labute approximate surface area is 217 Å². The molecule has 35 heavy (non-hydrogen) atoms. The third-order valence-corrected chi connectivity index (χ3v) is 9.01. The van der Waals surface area contributed by atoms with Gasteiger partial charge in [0, 0.05) is 5.75 Å². The largest absolute Gasteiger partial charge is 0.508 e. The molecule has 0 radical (unpaired) electrons. The molecule has 4 N–H and O–H groups in total. The quantitative estimate of drug-likeness (QED) is 0.291. The number of β-lactam (4-membered cyclic amide) rings is 1. The first kappa shape index (κ1) is 25.8. The van der Waals surface area contributed by atoms with Gasteiger partial charge in [0.2, 0.25) is 5.91 Å². The molecule has 1 aromatic carbocycles. The SMILES string of the molecule is CCCCC1NC(=S)SCN1C(C(=O)N[C@@H]1C(=O)N2C(C(=O)O)=C(C)CS[C@H]12)c1ccc(O)cc1. The van der Waals surface area contributed by atoms with E-state index in [1.807, 2.05) is 4.90 Å². The van der Waals surface area contributed by atoms with Crippen LogP contribution in [0.15, 0.2) is 35.5 Å². The number of unbranched alkanes of at least 4 members (excludes halogenated alkanes) is 1. The Balaban J connectivity index is 1.59. The van der Waals surface area contributed by atoms with E-state index in [-0.39, 0.29) is 23.5 Å². The molecule has 0 aromatic heterocycles. The second kappa shape index (κ2) is 10.8. The molecule has 188 valence electrons. The van der Waals surface area contributed by atoms with Crippen molar-refractivity contribution in [3.63, 3.8) is 0 Å². The van der Waals surface area contributed by atoms with E-state index in [1.165, 1.54) is 40.6 Å². The van der Waals surface area contributed by atoms with E-state index in [0.29, 0.717) is 27.1 Å². The van der Waals surface area contributed by atoms with Gasteiger partial charge in [0.25, 0.3) is 5.91 Å². The smallest absolute Gasteiger partial charge is 0.352 e. The van der Waals surface area contributed by atoms with Crippen molar-refractivity contribution in [3.8, 4) is 5.75 Å². The van der Waals surface area contributed by atoms with Gasteiger partial charge in [0.15, 0.2) is 0 Å². The summed E-state index contributed by atoms with van der Waals surface area (Å²) in [5.74, 6) is -0.852. The summed E-state index contributed by atoms with van der Waals surface area (Å²) in [4.78, 5) is 41.7. The number of carboxylic acid groups (broad SMARTS) is 1. The Morgan fingerprint density at radius 2 is 2.03 bits per heavy atom. The molecule has 0 spiro atoms. The Hall–Kier alpha value is -2.28. The standard InChI is InChI=1S/C23H28N4O5S3/c1-3-4-5-15-24-23(33)35-11-26(15)18(13-6-8-14(28)9-7-13)19(29)25-16-20(30)27-17(22(31)32)12(2)10-34-21(16)27/h6-9,15-16,18,21,28H,3-5,10-11H2,1-2H3,(H,24,33)(H,25,29)(H,31,32)/t15?,16-,18?,21-/m1/s1. The van der Waals surface area contributed by atoms with Crippen LogP contribution in [0.2, 0.25) is 0 Å². The van der Waals surface area contributed by atoms with Crippen molar-refractivity contribution in [1.29, 1.82) is 0 Å². The number of rotatable bonds is 8. The second-order valence-electron chi connectivity index (χ2n) is 8.70. The van der Waals surface area contributed by atoms with Crippen molar-refractivity contribution >= 4 is 57.8 Å². The van der Waals surface area contributed by atoms with Crippen LogP contribution < -0.4 is 10.6 Å². The highest BCUT2D eigenvalue weighted by Crippen LogP contribution is 2.40. The molecule has 3 aliphatic heterocycles. The van der Waals surface area contributed by atoms with E-state index >= 15 is 0 Å². The summed E-state index contributed by atoms with van der Waals surface area (Å²) in [5.41, 5.74) is 1.31. The van der Waals surface area contributed by atoms with Gasteiger partial charge in [-0.15, -0.1) is 11.8 Å². The van der Waals surface area contributed by atoms with E-state index in [2.05, 4.69) is 17.6 Å². The lowest BCUT2D eigenvalue weighted by molar-refractivity contribution is -0.151. The van der Waals surface area contributed by atoms with Crippen molar-refractivity contribution < 1.29 is 24.6 Å². The summed E-state index contributed by atoms with van der Waals surface area (Å²) in [6.45, 7) is 3.80. The highest BCUT2D eigenvalue weighted by atomic mass is 32.2. The van der Waals surface area contributed by atoms with Crippen LogP contribution >= 0.6 is 35.7 Å². The number of amides is 2. The molecule has 0 bridgehead atoms. The zero-order chi connectivity index (χ0) is 25.3. The maximum atomic E-state index is 13.7. The minimum atomic E-state index is -1.14. The number of hydrogen-bond acceptors (Lipinski definition) is 8. The predicted molar refractivity (Wildman–Crippen MR) is 140 cm³/mol. The van der Waals surface area contributed by atoms with Crippen molar-refractivity contribution in [2.24, 2.45) is 0 Å². The molecule has 3 aliphatic rings. The number of carbonyl (C=O) groups is 3. The van der Waals surface area contributed by atoms with Crippen LogP contribution in [-0.2, 0) is 14.4 Å². The number of aromatic hydroxyl groups is 1. The fourth-order valence-corrected chi connectivity index (χ4v) is 6.93.